The van der Waals surface area contributed by atoms with E-state index in [4.69, 9.17) is 9.84 Å². The molecule has 1 aliphatic rings. The van der Waals surface area contributed by atoms with Crippen LogP contribution in [0.1, 0.15) is 54.4 Å². The fraction of sp³-hybridized carbons (Fsp3) is 0.444. The third kappa shape index (κ3) is 3.62. The summed E-state index contributed by atoms with van der Waals surface area (Å²) in [6.07, 6.45) is 5.69. The van der Waals surface area contributed by atoms with Crippen molar-refractivity contribution in [3.8, 4) is 0 Å². The standard InChI is InChI=1S/C18H22N2O3/c1-18(2)11-15(6-9-23-18)16-19-7-8-20(16)12-13-4-3-5-14(10-13)17(21)22/h3-5,7-8,10,15H,6,9,11-12H2,1-2H3,(H,21,22). The zero-order valence-corrected chi connectivity index (χ0v) is 13.5. The van der Waals surface area contributed by atoms with Crippen molar-refractivity contribution in [1.82, 2.24) is 9.55 Å². The average molecular weight is 314 g/mol. The van der Waals surface area contributed by atoms with Gasteiger partial charge in [0.2, 0.25) is 0 Å². The molecule has 122 valence electrons. The van der Waals surface area contributed by atoms with Crippen LogP contribution in [-0.2, 0) is 11.3 Å². The van der Waals surface area contributed by atoms with Gasteiger partial charge in [-0.15, -0.1) is 0 Å². The summed E-state index contributed by atoms with van der Waals surface area (Å²) < 4.78 is 7.91. The number of aromatic carboxylic acids is 1. The van der Waals surface area contributed by atoms with Crippen LogP contribution in [0.2, 0.25) is 0 Å². The van der Waals surface area contributed by atoms with Gasteiger partial charge in [0.15, 0.2) is 0 Å². The van der Waals surface area contributed by atoms with Gasteiger partial charge in [-0.1, -0.05) is 12.1 Å². The summed E-state index contributed by atoms with van der Waals surface area (Å²) >= 11 is 0. The minimum absolute atomic E-state index is 0.122. The Bertz CT molecular complexity index is 706. The van der Waals surface area contributed by atoms with Crippen molar-refractivity contribution in [1.29, 1.82) is 0 Å². The normalized spacial score (nSPS) is 20.3. The molecule has 1 saturated heterocycles. The zero-order chi connectivity index (χ0) is 16.4. The Kier molecular flexibility index (Phi) is 4.22. The van der Waals surface area contributed by atoms with Crippen molar-refractivity contribution >= 4 is 5.97 Å². The van der Waals surface area contributed by atoms with Gasteiger partial charge in [0.1, 0.15) is 5.82 Å². The van der Waals surface area contributed by atoms with Gasteiger partial charge in [-0.05, 0) is 44.4 Å². The first-order valence-electron chi connectivity index (χ1n) is 7.92. The van der Waals surface area contributed by atoms with Crippen molar-refractivity contribution in [3.05, 3.63) is 53.6 Å². The maximum absolute atomic E-state index is 11.1. The number of hydrogen-bond donors (Lipinski definition) is 1. The van der Waals surface area contributed by atoms with E-state index in [1.165, 1.54) is 0 Å². The lowest BCUT2D eigenvalue weighted by Crippen LogP contribution is -2.34. The Hall–Kier alpha value is -2.14. The molecule has 0 bridgehead atoms. The molecule has 0 aliphatic carbocycles. The van der Waals surface area contributed by atoms with Crippen LogP contribution < -0.4 is 0 Å². The van der Waals surface area contributed by atoms with Gasteiger partial charge in [-0.25, -0.2) is 9.78 Å². The summed E-state index contributed by atoms with van der Waals surface area (Å²) in [5.74, 6) is 0.530. The topological polar surface area (TPSA) is 64.4 Å². The fourth-order valence-electron chi connectivity index (χ4n) is 3.27. The van der Waals surface area contributed by atoms with Gasteiger partial charge in [-0.2, -0.15) is 0 Å². The van der Waals surface area contributed by atoms with E-state index in [1.807, 2.05) is 18.5 Å². The van der Waals surface area contributed by atoms with Gasteiger partial charge in [0, 0.05) is 31.5 Å². The molecular weight excluding hydrogens is 292 g/mol. The summed E-state index contributed by atoms with van der Waals surface area (Å²) in [7, 11) is 0. The Labute approximate surface area is 135 Å². The third-order valence-corrected chi connectivity index (χ3v) is 4.34. The van der Waals surface area contributed by atoms with E-state index in [2.05, 4.69) is 23.4 Å². The van der Waals surface area contributed by atoms with Gasteiger partial charge in [0.05, 0.1) is 11.2 Å². The number of hydrogen-bond acceptors (Lipinski definition) is 3. The highest BCUT2D eigenvalue weighted by atomic mass is 16.5. The lowest BCUT2D eigenvalue weighted by Gasteiger charge is -2.35. The van der Waals surface area contributed by atoms with E-state index in [0.29, 0.717) is 18.0 Å². The minimum Gasteiger partial charge on any atom is -0.478 e. The second-order valence-corrected chi connectivity index (χ2v) is 6.72. The SMILES string of the molecule is CC1(C)CC(c2nccn2Cc2cccc(C(=O)O)c2)CCO1. The lowest BCUT2D eigenvalue weighted by atomic mass is 9.88. The lowest BCUT2D eigenvalue weighted by molar-refractivity contribution is -0.0606. The number of nitrogens with zero attached hydrogens (tertiary/aromatic N) is 2. The summed E-state index contributed by atoms with van der Waals surface area (Å²) in [4.78, 5) is 15.7. The van der Waals surface area contributed by atoms with Crippen LogP contribution in [0.5, 0.6) is 0 Å². The molecule has 23 heavy (non-hydrogen) atoms. The monoisotopic (exact) mass is 314 g/mol. The number of aromatic nitrogens is 2. The van der Waals surface area contributed by atoms with Gasteiger partial charge in [0.25, 0.3) is 0 Å². The average Bonchev–Trinajstić information content (AvgIpc) is 2.94. The molecule has 3 rings (SSSR count). The van der Waals surface area contributed by atoms with Crippen molar-refractivity contribution in [2.24, 2.45) is 0 Å². The molecule has 0 saturated carbocycles. The van der Waals surface area contributed by atoms with E-state index in [0.717, 1.165) is 30.8 Å². The molecule has 1 aliphatic heterocycles. The quantitative estimate of drug-likeness (QED) is 0.940. The molecule has 1 unspecified atom stereocenters. The first-order chi connectivity index (χ1) is 10.9. The van der Waals surface area contributed by atoms with Crippen molar-refractivity contribution in [2.45, 2.75) is 44.8 Å². The maximum Gasteiger partial charge on any atom is 0.335 e. The van der Waals surface area contributed by atoms with Crippen LogP contribution in [0.15, 0.2) is 36.7 Å². The Morgan fingerprint density at radius 1 is 1.48 bits per heavy atom. The van der Waals surface area contributed by atoms with Gasteiger partial charge < -0.3 is 14.4 Å². The Balaban J connectivity index is 1.81. The highest BCUT2D eigenvalue weighted by Crippen LogP contribution is 2.34. The summed E-state index contributed by atoms with van der Waals surface area (Å²) in [5, 5.41) is 9.12. The van der Waals surface area contributed by atoms with Crippen LogP contribution >= 0.6 is 0 Å². The summed E-state index contributed by atoms with van der Waals surface area (Å²) in [6, 6.07) is 7.07. The van der Waals surface area contributed by atoms with E-state index in [9.17, 15) is 4.79 Å². The molecule has 1 N–H and O–H groups in total. The highest BCUT2D eigenvalue weighted by Gasteiger charge is 2.31. The molecule has 2 heterocycles. The molecule has 0 spiro atoms. The van der Waals surface area contributed by atoms with Crippen molar-refractivity contribution in [3.63, 3.8) is 0 Å². The molecular formula is C18H22N2O3. The first-order valence-corrected chi connectivity index (χ1v) is 7.92. The highest BCUT2D eigenvalue weighted by molar-refractivity contribution is 5.87. The molecule has 1 fully saturated rings. The number of imidazole rings is 1. The molecule has 5 heteroatoms. The van der Waals surface area contributed by atoms with E-state index >= 15 is 0 Å². The van der Waals surface area contributed by atoms with Crippen LogP contribution in [-0.4, -0.2) is 32.8 Å². The molecule has 1 aromatic heterocycles. The first kappa shape index (κ1) is 15.7. The predicted octanol–water partition coefficient (Wildman–Crippen LogP) is 3.30. The largest absolute Gasteiger partial charge is 0.478 e. The molecule has 1 atom stereocenters. The number of carbonyl (C=O) groups is 1. The Morgan fingerprint density at radius 3 is 3.04 bits per heavy atom. The number of carboxylic acid groups (broad SMARTS) is 1. The predicted molar refractivity (Wildman–Crippen MR) is 86.7 cm³/mol. The molecule has 2 aromatic rings. The fourth-order valence-corrected chi connectivity index (χ4v) is 3.27. The smallest absolute Gasteiger partial charge is 0.335 e. The van der Waals surface area contributed by atoms with E-state index < -0.39 is 5.97 Å². The van der Waals surface area contributed by atoms with Crippen LogP contribution in [0.4, 0.5) is 0 Å². The number of benzene rings is 1. The maximum atomic E-state index is 11.1. The van der Waals surface area contributed by atoms with Crippen molar-refractivity contribution in [2.75, 3.05) is 6.61 Å². The number of carboxylic acids is 1. The summed E-state index contributed by atoms with van der Waals surface area (Å²) in [5.41, 5.74) is 1.16. The Morgan fingerprint density at radius 2 is 2.30 bits per heavy atom. The molecule has 5 nitrogen and oxygen atoms in total. The second kappa shape index (κ2) is 6.16. The van der Waals surface area contributed by atoms with Crippen LogP contribution in [0.25, 0.3) is 0 Å². The van der Waals surface area contributed by atoms with E-state index in [-0.39, 0.29) is 5.60 Å². The second-order valence-electron chi connectivity index (χ2n) is 6.72. The van der Waals surface area contributed by atoms with Crippen molar-refractivity contribution < 1.29 is 14.6 Å². The number of rotatable bonds is 4. The van der Waals surface area contributed by atoms with Gasteiger partial charge in [-0.3, -0.25) is 0 Å². The molecule has 0 radical (unpaired) electrons. The van der Waals surface area contributed by atoms with Gasteiger partial charge >= 0.3 is 5.97 Å². The van der Waals surface area contributed by atoms with Crippen LogP contribution in [0, 0.1) is 0 Å². The summed E-state index contributed by atoms with van der Waals surface area (Å²) in [6.45, 7) is 5.61. The molecule has 1 aromatic carbocycles. The molecule has 0 amide bonds. The van der Waals surface area contributed by atoms with Crippen LogP contribution in [0.3, 0.4) is 0 Å². The zero-order valence-electron chi connectivity index (χ0n) is 13.5. The number of ether oxygens (including phenoxy) is 1. The minimum atomic E-state index is -0.899. The third-order valence-electron chi connectivity index (χ3n) is 4.34. The van der Waals surface area contributed by atoms with E-state index in [1.54, 1.807) is 18.2 Å².